The van der Waals surface area contributed by atoms with E-state index in [1.54, 1.807) is 0 Å². The zero-order chi connectivity index (χ0) is 5.82. The Morgan fingerprint density at radius 3 is 2.12 bits per heavy atom. The van der Waals surface area contributed by atoms with Crippen molar-refractivity contribution < 1.29 is 0 Å². The average Bonchev–Trinajstić information content (AvgIpc) is 1.94. The van der Waals surface area contributed by atoms with Gasteiger partial charge in [-0.2, -0.15) is 0 Å². The van der Waals surface area contributed by atoms with Crippen LogP contribution in [0.4, 0.5) is 0 Å². The average molecular weight is 113 g/mol. The maximum Gasteiger partial charge on any atom is 0.00768 e. The molecule has 0 aliphatic carbocycles. The molecule has 8 heavy (non-hydrogen) atoms. The molecule has 0 bridgehead atoms. The van der Waals surface area contributed by atoms with Crippen LogP contribution in [0, 0.1) is 12.8 Å². The van der Waals surface area contributed by atoms with Gasteiger partial charge in [-0.15, -0.1) is 0 Å². The van der Waals surface area contributed by atoms with E-state index in [2.05, 4.69) is 17.6 Å². The molecule has 47 valence electrons. The highest BCUT2D eigenvalue weighted by Gasteiger charge is 2.03. The molecule has 0 aromatic carbocycles. The van der Waals surface area contributed by atoms with Gasteiger partial charge in [-0.05, 0) is 25.9 Å². The van der Waals surface area contributed by atoms with Crippen LogP contribution in [-0.2, 0) is 0 Å². The van der Waals surface area contributed by atoms with Crippen LogP contribution >= 0.6 is 0 Å². The smallest absolute Gasteiger partial charge is 0.00768 e. The number of nitrogens with one attached hydrogen (secondary N) is 2. The van der Waals surface area contributed by atoms with Gasteiger partial charge in [0.25, 0.3) is 0 Å². The molecule has 2 nitrogen and oxygen atoms in total. The Kier molecular flexibility index (Phi) is 2.30. The van der Waals surface area contributed by atoms with Gasteiger partial charge in [0.15, 0.2) is 0 Å². The Labute approximate surface area is 50.7 Å². The molecule has 1 fully saturated rings. The first-order chi connectivity index (χ1) is 3.89. The van der Waals surface area contributed by atoms with E-state index >= 15 is 0 Å². The van der Waals surface area contributed by atoms with Crippen LogP contribution in [0.2, 0.25) is 0 Å². The Morgan fingerprint density at radius 2 is 1.62 bits per heavy atom. The van der Waals surface area contributed by atoms with Crippen molar-refractivity contribution in [2.24, 2.45) is 5.92 Å². The first kappa shape index (κ1) is 6.05. The third kappa shape index (κ3) is 1.80. The zero-order valence-electron chi connectivity index (χ0n) is 5.11. The highest BCUT2D eigenvalue weighted by molar-refractivity contribution is 4.70. The van der Waals surface area contributed by atoms with E-state index in [-0.39, 0.29) is 0 Å². The van der Waals surface area contributed by atoms with Gasteiger partial charge < -0.3 is 10.6 Å². The summed E-state index contributed by atoms with van der Waals surface area (Å²) >= 11 is 0. The summed E-state index contributed by atoms with van der Waals surface area (Å²) in [4.78, 5) is 0. The van der Waals surface area contributed by atoms with Crippen LogP contribution in [0.15, 0.2) is 0 Å². The van der Waals surface area contributed by atoms with Gasteiger partial charge in [0.05, 0.1) is 0 Å². The summed E-state index contributed by atoms with van der Waals surface area (Å²) in [7, 11) is 0. The fourth-order valence-corrected chi connectivity index (χ4v) is 0.861. The topological polar surface area (TPSA) is 24.1 Å². The lowest BCUT2D eigenvalue weighted by Gasteiger charge is -2.04. The van der Waals surface area contributed by atoms with Gasteiger partial charge in [0, 0.05) is 13.1 Å². The van der Waals surface area contributed by atoms with E-state index in [1.807, 2.05) is 0 Å². The molecule has 2 N–H and O–H groups in total. The van der Waals surface area contributed by atoms with Crippen LogP contribution in [0.3, 0.4) is 0 Å². The largest absolute Gasteiger partial charge is 0.315 e. The van der Waals surface area contributed by atoms with Gasteiger partial charge in [-0.1, -0.05) is 0 Å². The predicted octanol–water partition coefficient (Wildman–Crippen LogP) is -0.371. The van der Waals surface area contributed by atoms with Crippen LogP contribution in [-0.4, -0.2) is 26.2 Å². The Bertz CT molecular complexity index is 55.5. The Balaban J connectivity index is 2.17. The van der Waals surface area contributed by atoms with Crippen molar-refractivity contribution in [3.63, 3.8) is 0 Å². The van der Waals surface area contributed by atoms with Gasteiger partial charge in [0.1, 0.15) is 0 Å². The lowest BCUT2D eigenvalue weighted by atomic mass is 10.2. The fourth-order valence-electron chi connectivity index (χ4n) is 0.861. The molecule has 1 radical (unpaired) electrons. The SMILES string of the molecule is [CH2]C1CNCCNC1. The molecule has 1 heterocycles. The third-order valence-corrected chi connectivity index (χ3v) is 1.34. The number of rotatable bonds is 0. The second-order valence-corrected chi connectivity index (χ2v) is 2.27. The van der Waals surface area contributed by atoms with Crippen molar-refractivity contribution in [2.75, 3.05) is 26.2 Å². The lowest BCUT2D eigenvalue weighted by molar-refractivity contribution is 0.594. The molecule has 0 aromatic heterocycles. The Hall–Kier alpha value is -0.0800. The number of hydrogen-bond acceptors (Lipinski definition) is 2. The number of hydrogen-bond donors (Lipinski definition) is 2. The third-order valence-electron chi connectivity index (χ3n) is 1.34. The predicted molar refractivity (Wildman–Crippen MR) is 34.6 cm³/mol. The second kappa shape index (κ2) is 3.05. The van der Waals surface area contributed by atoms with E-state index in [4.69, 9.17) is 0 Å². The molecule has 1 saturated heterocycles. The molecular formula is C6H13N2. The van der Waals surface area contributed by atoms with Crippen LogP contribution in [0.25, 0.3) is 0 Å². The van der Waals surface area contributed by atoms with E-state index in [1.165, 1.54) is 0 Å². The fraction of sp³-hybridized carbons (Fsp3) is 0.833. The van der Waals surface area contributed by atoms with Crippen molar-refractivity contribution in [3.05, 3.63) is 6.92 Å². The van der Waals surface area contributed by atoms with Crippen LogP contribution in [0.5, 0.6) is 0 Å². The van der Waals surface area contributed by atoms with E-state index < -0.39 is 0 Å². The summed E-state index contributed by atoms with van der Waals surface area (Å²) in [5.41, 5.74) is 0. The molecule has 1 aliphatic rings. The summed E-state index contributed by atoms with van der Waals surface area (Å²) in [6, 6.07) is 0. The molecule has 0 spiro atoms. The molecule has 0 aromatic rings. The van der Waals surface area contributed by atoms with Crippen LogP contribution < -0.4 is 10.6 Å². The molecule has 1 aliphatic heterocycles. The minimum Gasteiger partial charge on any atom is -0.315 e. The normalized spacial score (nSPS) is 25.1. The molecular weight excluding hydrogens is 100 g/mol. The lowest BCUT2D eigenvalue weighted by Crippen LogP contribution is -2.21. The zero-order valence-corrected chi connectivity index (χ0v) is 5.11. The first-order valence-corrected chi connectivity index (χ1v) is 3.14. The van der Waals surface area contributed by atoms with Gasteiger partial charge in [-0.3, -0.25) is 0 Å². The quantitative estimate of drug-likeness (QED) is 0.448. The highest BCUT2D eigenvalue weighted by Crippen LogP contribution is 1.89. The molecule has 0 unspecified atom stereocenters. The van der Waals surface area contributed by atoms with E-state index in [0.29, 0.717) is 5.92 Å². The van der Waals surface area contributed by atoms with Gasteiger partial charge in [0.2, 0.25) is 0 Å². The summed E-state index contributed by atoms with van der Waals surface area (Å²) < 4.78 is 0. The summed E-state index contributed by atoms with van der Waals surface area (Å²) in [6.45, 7) is 8.24. The van der Waals surface area contributed by atoms with Crippen molar-refractivity contribution in [1.82, 2.24) is 10.6 Å². The minimum absolute atomic E-state index is 0.553. The van der Waals surface area contributed by atoms with Gasteiger partial charge in [-0.25, -0.2) is 0 Å². The van der Waals surface area contributed by atoms with E-state index in [9.17, 15) is 0 Å². The second-order valence-electron chi connectivity index (χ2n) is 2.27. The van der Waals surface area contributed by atoms with Crippen molar-refractivity contribution >= 4 is 0 Å². The van der Waals surface area contributed by atoms with Gasteiger partial charge >= 0.3 is 0 Å². The van der Waals surface area contributed by atoms with Crippen molar-refractivity contribution in [1.29, 1.82) is 0 Å². The molecule has 1 rings (SSSR count). The first-order valence-electron chi connectivity index (χ1n) is 3.14. The van der Waals surface area contributed by atoms with E-state index in [0.717, 1.165) is 26.2 Å². The highest BCUT2D eigenvalue weighted by atomic mass is 15.0. The summed E-state index contributed by atoms with van der Waals surface area (Å²) in [5, 5.41) is 6.54. The molecule has 0 amide bonds. The van der Waals surface area contributed by atoms with Crippen molar-refractivity contribution in [3.8, 4) is 0 Å². The van der Waals surface area contributed by atoms with Crippen LogP contribution in [0.1, 0.15) is 0 Å². The summed E-state index contributed by atoms with van der Waals surface area (Å²) in [5.74, 6) is 0.553. The monoisotopic (exact) mass is 113 g/mol. The maximum absolute atomic E-state index is 3.93. The molecule has 0 saturated carbocycles. The van der Waals surface area contributed by atoms with Crippen molar-refractivity contribution in [2.45, 2.75) is 0 Å². The minimum atomic E-state index is 0.553. The molecule has 2 heteroatoms. The maximum atomic E-state index is 3.93. The standard InChI is InChI=1S/C6H13N2/c1-6-4-7-2-3-8-5-6/h6-8H,1-5H2. The Morgan fingerprint density at radius 1 is 1.12 bits per heavy atom. The summed E-state index contributed by atoms with van der Waals surface area (Å²) in [6.07, 6.45) is 0. The molecule has 0 atom stereocenters.